The Labute approximate surface area is 183 Å². The third-order valence-corrected chi connectivity index (χ3v) is 5.47. The van der Waals surface area contributed by atoms with Crippen LogP contribution in [0.4, 0.5) is 4.39 Å². The maximum atomic E-state index is 13.0. The summed E-state index contributed by atoms with van der Waals surface area (Å²) in [6.45, 7) is 3.32. The number of nitrogens with zero attached hydrogens (tertiary/aromatic N) is 1. The van der Waals surface area contributed by atoms with E-state index in [-0.39, 0.29) is 11.7 Å². The van der Waals surface area contributed by atoms with Crippen LogP contribution in [-0.4, -0.2) is 51.2 Å². The quantitative estimate of drug-likeness (QED) is 0.435. The molecule has 0 unspecified atom stereocenters. The summed E-state index contributed by atoms with van der Waals surface area (Å²) in [6.07, 6.45) is 5.53. The molecule has 0 aliphatic carbocycles. The first-order valence-corrected chi connectivity index (χ1v) is 10.8. The molecular formula is C25H31FN2O3. The van der Waals surface area contributed by atoms with Crippen LogP contribution in [0.2, 0.25) is 0 Å². The summed E-state index contributed by atoms with van der Waals surface area (Å²) in [5.41, 5.74) is 2.89. The summed E-state index contributed by atoms with van der Waals surface area (Å²) < 4.78 is 23.6. The minimum absolute atomic E-state index is 0.0952. The number of likely N-dealkylation sites (tertiary alicyclic amines) is 1. The summed E-state index contributed by atoms with van der Waals surface area (Å²) in [5.74, 6) is 1.34. The molecule has 1 heterocycles. The molecule has 1 N–H and O–H groups in total. The lowest BCUT2D eigenvalue weighted by atomic mass is 10.1. The number of halogens is 1. The van der Waals surface area contributed by atoms with Gasteiger partial charge in [0.05, 0.1) is 14.2 Å². The van der Waals surface area contributed by atoms with Crippen LogP contribution >= 0.6 is 0 Å². The van der Waals surface area contributed by atoms with Crippen molar-refractivity contribution >= 4 is 12.0 Å². The topological polar surface area (TPSA) is 50.8 Å². The average Bonchev–Trinajstić information content (AvgIpc) is 3.13. The van der Waals surface area contributed by atoms with Crippen LogP contribution in [0.25, 0.3) is 6.08 Å². The lowest BCUT2D eigenvalue weighted by Gasteiger charge is -2.15. The van der Waals surface area contributed by atoms with E-state index in [1.807, 2.05) is 23.1 Å². The van der Waals surface area contributed by atoms with Crippen LogP contribution in [0.5, 0.6) is 11.5 Å². The molecule has 1 fully saturated rings. The average molecular weight is 427 g/mol. The zero-order valence-corrected chi connectivity index (χ0v) is 18.3. The maximum absolute atomic E-state index is 13.0. The van der Waals surface area contributed by atoms with Gasteiger partial charge in [0.25, 0.3) is 0 Å². The third kappa shape index (κ3) is 6.56. The second-order valence-electron chi connectivity index (χ2n) is 7.66. The molecule has 0 spiro atoms. The molecule has 0 aromatic heterocycles. The van der Waals surface area contributed by atoms with Gasteiger partial charge in [-0.3, -0.25) is 4.79 Å². The number of carbonyl (C=O) groups excluding carboxylic acids is 1. The third-order valence-electron chi connectivity index (χ3n) is 5.47. The van der Waals surface area contributed by atoms with E-state index in [4.69, 9.17) is 9.47 Å². The van der Waals surface area contributed by atoms with E-state index in [0.717, 1.165) is 74.5 Å². The first-order valence-electron chi connectivity index (χ1n) is 10.8. The monoisotopic (exact) mass is 426 g/mol. The van der Waals surface area contributed by atoms with Gasteiger partial charge < -0.3 is 19.7 Å². The Bertz CT molecular complexity index is 896. The highest BCUT2D eigenvalue weighted by atomic mass is 19.1. The summed E-state index contributed by atoms with van der Waals surface area (Å²) in [4.78, 5) is 14.4. The molecule has 0 saturated carbocycles. The van der Waals surface area contributed by atoms with E-state index in [2.05, 4.69) is 11.4 Å². The molecular weight excluding hydrogens is 395 g/mol. The number of benzene rings is 2. The van der Waals surface area contributed by atoms with Crippen molar-refractivity contribution in [2.45, 2.75) is 25.7 Å². The molecule has 31 heavy (non-hydrogen) atoms. The molecule has 5 nitrogen and oxygen atoms in total. The van der Waals surface area contributed by atoms with Gasteiger partial charge in [0.2, 0.25) is 5.91 Å². The smallest absolute Gasteiger partial charge is 0.249 e. The van der Waals surface area contributed by atoms with E-state index in [9.17, 15) is 9.18 Å². The number of hydrogen-bond acceptors (Lipinski definition) is 4. The van der Waals surface area contributed by atoms with Gasteiger partial charge in [-0.25, -0.2) is 4.39 Å². The van der Waals surface area contributed by atoms with Crippen molar-refractivity contribution in [3.8, 4) is 11.5 Å². The van der Waals surface area contributed by atoms with Gasteiger partial charge in [0.15, 0.2) is 11.5 Å². The Morgan fingerprint density at radius 3 is 2.52 bits per heavy atom. The van der Waals surface area contributed by atoms with Crippen molar-refractivity contribution in [2.24, 2.45) is 0 Å². The minimum Gasteiger partial charge on any atom is -0.493 e. The largest absolute Gasteiger partial charge is 0.493 e. The number of hydrogen-bond donors (Lipinski definition) is 1. The summed E-state index contributed by atoms with van der Waals surface area (Å²) >= 11 is 0. The van der Waals surface area contributed by atoms with Gasteiger partial charge in [-0.15, -0.1) is 0 Å². The molecule has 166 valence electrons. The van der Waals surface area contributed by atoms with Gasteiger partial charge in [0.1, 0.15) is 5.82 Å². The van der Waals surface area contributed by atoms with Gasteiger partial charge in [0, 0.05) is 18.7 Å². The number of rotatable bonds is 11. The minimum atomic E-state index is -0.266. The van der Waals surface area contributed by atoms with E-state index < -0.39 is 0 Å². The van der Waals surface area contributed by atoms with Crippen LogP contribution in [0.1, 0.15) is 30.4 Å². The summed E-state index contributed by atoms with van der Waals surface area (Å²) in [6, 6.07) is 12.3. The number of aryl methyl sites for hydroxylation is 1. The highest BCUT2D eigenvalue weighted by Gasteiger charge is 2.24. The lowest BCUT2D eigenvalue weighted by Crippen LogP contribution is -2.29. The highest BCUT2D eigenvalue weighted by Crippen LogP contribution is 2.28. The molecule has 2 aromatic carbocycles. The molecule has 1 aliphatic heterocycles. The van der Waals surface area contributed by atoms with Crippen LogP contribution in [0.15, 0.2) is 48.0 Å². The number of amides is 1. The second-order valence-corrected chi connectivity index (χ2v) is 7.66. The van der Waals surface area contributed by atoms with Gasteiger partial charge >= 0.3 is 0 Å². The number of methoxy groups -OCH3 is 2. The maximum Gasteiger partial charge on any atom is 0.249 e. The molecule has 0 atom stereocenters. The predicted molar refractivity (Wildman–Crippen MR) is 121 cm³/mol. The number of nitrogens with one attached hydrogen (secondary N) is 1. The molecule has 3 rings (SSSR count). The van der Waals surface area contributed by atoms with E-state index in [1.54, 1.807) is 26.4 Å². The van der Waals surface area contributed by atoms with E-state index in [1.165, 1.54) is 17.7 Å². The number of ether oxygens (including phenoxy) is 2. The molecule has 0 radical (unpaired) electrons. The SMILES string of the molecule is COc1ccc(CCCNCCCN2CC/C(=C\c3ccc(F)cc3)C2=O)cc1OC. The standard InChI is InChI=1S/C25H31FN2O3/c1-30-23-11-8-19(18-24(23)31-2)5-3-13-27-14-4-15-28-16-12-21(25(28)29)17-20-6-9-22(26)10-7-20/h6-11,17-18,27H,3-5,12-16H2,1-2H3/b21-17+. The van der Waals surface area contributed by atoms with Crippen LogP contribution < -0.4 is 14.8 Å². The fourth-order valence-electron chi connectivity index (χ4n) is 3.75. The Morgan fingerprint density at radius 2 is 1.77 bits per heavy atom. The fourth-order valence-corrected chi connectivity index (χ4v) is 3.75. The molecule has 0 bridgehead atoms. The molecule has 6 heteroatoms. The molecule has 1 aliphatic rings. The number of carbonyl (C=O) groups is 1. The van der Waals surface area contributed by atoms with Crippen molar-refractivity contribution in [3.05, 3.63) is 65.0 Å². The van der Waals surface area contributed by atoms with Crippen molar-refractivity contribution in [2.75, 3.05) is 40.4 Å². The Kier molecular flexibility index (Phi) is 8.47. The van der Waals surface area contributed by atoms with Crippen LogP contribution in [0.3, 0.4) is 0 Å². The molecule has 2 aromatic rings. The Hall–Kier alpha value is -2.86. The van der Waals surface area contributed by atoms with E-state index in [0.29, 0.717) is 0 Å². The van der Waals surface area contributed by atoms with Crippen molar-refractivity contribution in [3.63, 3.8) is 0 Å². The summed E-state index contributed by atoms with van der Waals surface area (Å²) in [5, 5.41) is 3.46. The Morgan fingerprint density at radius 1 is 1.03 bits per heavy atom. The predicted octanol–water partition coefficient (Wildman–Crippen LogP) is 4.07. The second kappa shape index (κ2) is 11.5. The zero-order chi connectivity index (χ0) is 22.1. The van der Waals surface area contributed by atoms with Crippen molar-refractivity contribution < 1.29 is 18.7 Å². The van der Waals surface area contributed by atoms with Crippen LogP contribution in [-0.2, 0) is 11.2 Å². The first-order chi connectivity index (χ1) is 15.1. The molecule has 1 amide bonds. The lowest BCUT2D eigenvalue weighted by molar-refractivity contribution is -0.124. The van der Waals surface area contributed by atoms with Gasteiger partial charge in [-0.05, 0) is 80.2 Å². The normalized spacial score (nSPS) is 15.0. The van der Waals surface area contributed by atoms with Crippen LogP contribution in [0, 0.1) is 5.82 Å². The Balaban J connectivity index is 1.32. The van der Waals surface area contributed by atoms with Gasteiger partial charge in [-0.1, -0.05) is 18.2 Å². The fraction of sp³-hybridized carbons (Fsp3) is 0.400. The van der Waals surface area contributed by atoms with Crippen molar-refractivity contribution in [1.29, 1.82) is 0 Å². The highest BCUT2D eigenvalue weighted by molar-refractivity contribution is 5.99. The summed E-state index contributed by atoms with van der Waals surface area (Å²) in [7, 11) is 3.29. The van der Waals surface area contributed by atoms with Gasteiger partial charge in [-0.2, -0.15) is 0 Å². The first kappa shape index (κ1) is 22.8. The molecule has 1 saturated heterocycles. The zero-order valence-electron chi connectivity index (χ0n) is 18.3. The van der Waals surface area contributed by atoms with Crippen molar-refractivity contribution in [1.82, 2.24) is 10.2 Å². The van der Waals surface area contributed by atoms with E-state index >= 15 is 0 Å².